The Balaban J connectivity index is 1.83. The largest absolute Gasteiger partial charge is 0.449 e. The minimum absolute atomic E-state index is 0.173. The Hall–Kier alpha value is -3.42. The highest BCUT2D eigenvalue weighted by molar-refractivity contribution is 5.94. The Labute approximate surface area is 155 Å². The zero-order valence-corrected chi connectivity index (χ0v) is 14.7. The molecular weight excluding hydrogens is 353 g/mol. The summed E-state index contributed by atoms with van der Waals surface area (Å²) < 4.78 is 18.0. The Kier molecular flexibility index (Phi) is 6.87. The highest BCUT2D eigenvalue weighted by atomic mass is 19.1. The number of carbonyl (C=O) groups is 3. The van der Waals surface area contributed by atoms with Crippen molar-refractivity contribution in [3.8, 4) is 0 Å². The van der Waals surface area contributed by atoms with Gasteiger partial charge < -0.3 is 21.1 Å². The number of halogens is 1. The number of hydrogen-bond acceptors (Lipinski definition) is 4. The maximum Gasteiger partial charge on any atom is 0.338 e. The normalized spacial score (nSPS) is 11.3. The number of urea groups is 1. The van der Waals surface area contributed by atoms with Crippen LogP contribution in [-0.2, 0) is 16.0 Å². The SMILES string of the molecule is C[C@@H](OC(=O)c1cccc(NC(N)=O)c1)C(=O)NCCc1ccc(F)cc1. The van der Waals surface area contributed by atoms with Gasteiger partial charge in [-0.15, -0.1) is 0 Å². The average molecular weight is 373 g/mol. The number of carbonyl (C=O) groups excluding carboxylic acids is 3. The van der Waals surface area contributed by atoms with Gasteiger partial charge >= 0.3 is 12.0 Å². The van der Waals surface area contributed by atoms with E-state index in [9.17, 15) is 18.8 Å². The summed E-state index contributed by atoms with van der Waals surface area (Å²) in [4.78, 5) is 35.0. The van der Waals surface area contributed by atoms with Gasteiger partial charge in [0.15, 0.2) is 6.10 Å². The second-order valence-electron chi connectivity index (χ2n) is 5.79. The van der Waals surface area contributed by atoms with Crippen LogP contribution in [0.2, 0.25) is 0 Å². The molecule has 2 rings (SSSR count). The Morgan fingerprint density at radius 2 is 1.85 bits per heavy atom. The Morgan fingerprint density at radius 1 is 1.15 bits per heavy atom. The lowest BCUT2D eigenvalue weighted by atomic mass is 10.1. The molecular formula is C19H20FN3O4. The molecule has 8 heteroatoms. The highest BCUT2D eigenvalue weighted by Crippen LogP contribution is 2.12. The summed E-state index contributed by atoms with van der Waals surface area (Å²) >= 11 is 0. The standard InChI is InChI=1S/C19H20FN3O4/c1-12(17(24)22-10-9-13-5-7-15(20)8-6-13)27-18(25)14-3-2-4-16(11-14)23-19(21)26/h2-8,11-12H,9-10H2,1H3,(H,22,24)(H3,21,23,26)/t12-/m1/s1. The van der Waals surface area contributed by atoms with Gasteiger partial charge in [0.25, 0.3) is 5.91 Å². The molecule has 4 N–H and O–H groups in total. The second kappa shape index (κ2) is 9.33. The van der Waals surface area contributed by atoms with Crippen molar-refractivity contribution in [2.45, 2.75) is 19.4 Å². The third-order valence-corrected chi connectivity index (χ3v) is 3.65. The number of amides is 3. The van der Waals surface area contributed by atoms with E-state index in [0.29, 0.717) is 18.7 Å². The fraction of sp³-hybridized carbons (Fsp3) is 0.211. The van der Waals surface area contributed by atoms with Crippen LogP contribution in [0.5, 0.6) is 0 Å². The van der Waals surface area contributed by atoms with Crippen LogP contribution in [0, 0.1) is 5.82 Å². The molecule has 142 valence electrons. The smallest absolute Gasteiger partial charge is 0.338 e. The van der Waals surface area contributed by atoms with E-state index in [-0.39, 0.29) is 11.4 Å². The second-order valence-corrected chi connectivity index (χ2v) is 5.79. The molecule has 2 aromatic rings. The topological polar surface area (TPSA) is 111 Å². The molecule has 0 aliphatic heterocycles. The van der Waals surface area contributed by atoms with Gasteiger partial charge in [-0.1, -0.05) is 18.2 Å². The van der Waals surface area contributed by atoms with Crippen molar-refractivity contribution in [3.63, 3.8) is 0 Å². The van der Waals surface area contributed by atoms with Crippen LogP contribution < -0.4 is 16.4 Å². The fourth-order valence-corrected chi connectivity index (χ4v) is 2.27. The van der Waals surface area contributed by atoms with Crippen LogP contribution in [0.4, 0.5) is 14.9 Å². The minimum Gasteiger partial charge on any atom is -0.449 e. The van der Waals surface area contributed by atoms with E-state index < -0.39 is 24.0 Å². The zero-order chi connectivity index (χ0) is 19.8. The van der Waals surface area contributed by atoms with Crippen LogP contribution in [0.25, 0.3) is 0 Å². The Bertz CT molecular complexity index is 824. The summed E-state index contributed by atoms with van der Waals surface area (Å²) in [5, 5.41) is 5.01. The molecule has 0 aliphatic carbocycles. The molecule has 0 radical (unpaired) electrons. The molecule has 0 aromatic heterocycles. The highest BCUT2D eigenvalue weighted by Gasteiger charge is 2.18. The molecule has 1 atom stereocenters. The van der Waals surface area contributed by atoms with Gasteiger partial charge in [-0.2, -0.15) is 0 Å². The zero-order valence-electron chi connectivity index (χ0n) is 14.7. The number of benzene rings is 2. The Morgan fingerprint density at radius 3 is 2.52 bits per heavy atom. The van der Waals surface area contributed by atoms with Gasteiger partial charge in [0.05, 0.1) is 5.56 Å². The van der Waals surface area contributed by atoms with E-state index in [2.05, 4.69) is 10.6 Å². The van der Waals surface area contributed by atoms with E-state index in [4.69, 9.17) is 10.5 Å². The lowest BCUT2D eigenvalue weighted by Crippen LogP contribution is -2.36. The van der Waals surface area contributed by atoms with Crippen LogP contribution in [0.1, 0.15) is 22.8 Å². The van der Waals surface area contributed by atoms with Crippen molar-refractivity contribution in [1.29, 1.82) is 0 Å². The van der Waals surface area contributed by atoms with Crippen molar-refractivity contribution >= 4 is 23.6 Å². The number of primary amides is 1. The van der Waals surface area contributed by atoms with Crippen LogP contribution >= 0.6 is 0 Å². The summed E-state index contributed by atoms with van der Waals surface area (Å²) in [6.45, 7) is 1.78. The van der Waals surface area contributed by atoms with Crippen LogP contribution in [-0.4, -0.2) is 30.6 Å². The minimum atomic E-state index is -1.00. The van der Waals surface area contributed by atoms with Crippen molar-refractivity contribution < 1.29 is 23.5 Å². The monoisotopic (exact) mass is 373 g/mol. The third-order valence-electron chi connectivity index (χ3n) is 3.65. The predicted molar refractivity (Wildman–Crippen MR) is 97.6 cm³/mol. The van der Waals surface area contributed by atoms with E-state index in [0.717, 1.165) is 5.56 Å². The van der Waals surface area contributed by atoms with Crippen LogP contribution in [0.3, 0.4) is 0 Å². The van der Waals surface area contributed by atoms with E-state index in [1.165, 1.54) is 31.2 Å². The number of anilines is 1. The first kappa shape index (κ1) is 19.9. The van der Waals surface area contributed by atoms with Crippen LogP contribution in [0.15, 0.2) is 48.5 Å². The number of hydrogen-bond donors (Lipinski definition) is 3. The molecule has 0 saturated heterocycles. The van der Waals surface area contributed by atoms with Crippen molar-refractivity contribution in [3.05, 3.63) is 65.5 Å². The first-order valence-electron chi connectivity index (χ1n) is 8.25. The molecule has 2 aromatic carbocycles. The van der Waals surface area contributed by atoms with Crippen molar-refractivity contribution in [2.24, 2.45) is 5.73 Å². The van der Waals surface area contributed by atoms with E-state index in [1.807, 2.05) is 0 Å². The average Bonchev–Trinajstić information content (AvgIpc) is 2.62. The van der Waals surface area contributed by atoms with Crippen molar-refractivity contribution in [2.75, 3.05) is 11.9 Å². The fourth-order valence-electron chi connectivity index (χ4n) is 2.27. The van der Waals surface area contributed by atoms with Gasteiger partial charge in [-0.3, -0.25) is 4.79 Å². The number of nitrogens with one attached hydrogen (secondary N) is 2. The summed E-state index contributed by atoms with van der Waals surface area (Å²) in [6.07, 6.45) is -0.480. The molecule has 0 heterocycles. The molecule has 0 unspecified atom stereocenters. The summed E-state index contributed by atoms with van der Waals surface area (Å²) in [7, 11) is 0. The molecule has 0 saturated carbocycles. The van der Waals surface area contributed by atoms with Gasteiger partial charge in [0.1, 0.15) is 5.82 Å². The number of rotatable bonds is 7. The number of nitrogens with two attached hydrogens (primary N) is 1. The van der Waals surface area contributed by atoms with E-state index >= 15 is 0 Å². The predicted octanol–water partition coefficient (Wildman–Crippen LogP) is 2.22. The number of esters is 1. The lowest BCUT2D eigenvalue weighted by Gasteiger charge is -2.14. The van der Waals surface area contributed by atoms with Gasteiger partial charge in [0, 0.05) is 12.2 Å². The quantitative estimate of drug-likeness (QED) is 0.646. The summed E-state index contributed by atoms with van der Waals surface area (Å²) in [5.41, 5.74) is 6.42. The van der Waals surface area contributed by atoms with Gasteiger partial charge in [0.2, 0.25) is 0 Å². The number of ether oxygens (including phenoxy) is 1. The molecule has 27 heavy (non-hydrogen) atoms. The van der Waals surface area contributed by atoms with Gasteiger partial charge in [-0.05, 0) is 49.2 Å². The first-order chi connectivity index (χ1) is 12.8. The van der Waals surface area contributed by atoms with Gasteiger partial charge in [-0.25, -0.2) is 14.0 Å². The third kappa shape index (κ3) is 6.43. The van der Waals surface area contributed by atoms with E-state index in [1.54, 1.807) is 24.3 Å². The molecule has 0 aliphatic rings. The summed E-state index contributed by atoms with van der Waals surface area (Å²) in [6, 6.07) is 11.2. The maximum absolute atomic E-state index is 12.8. The molecule has 0 spiro atoms. The molecule has 0 fully saturated rings. The molecule has 0 bridgehead atoms. The lowest BCUT2D eigenvalue weighted by molar-refractivity contribution is -0.129. The summed E-state index contributed by atoms with van der Waals surface area (Å²) in [5.74, 6) is -1.47. The molecule has 7 nitrogen and oxygen atoms in total. The molecule has 3 amide bonds. The maximum atomic E-state index is 12.8. The first-order valence-corrected chi connectivity index (χ1v) is 8.25. The van der Waals surface area contributed by atoms with Crippen molar-refractivity contribution in [1.82, 2.24) is 5.32 Å².